The molecule has 0 amide bonds. The molecule has 0 bridgehead atoms. The van der Waals surface area contributed by atoms with Crippen LogP contribution in [-0.4, -0.2) is 5.78 Å². The summed E-state index contributed by atoms with van der Waals surface area (Å²) in [5.74, 6) is 0.0468. The molecule has 2 rings (SSSR count). The molecule has 0 spiro atoms. The molecule has 0 saturated carbocycles. The molecule has 0 aliphatic heterocycles. The lowest BCUT2D eigenvalue weighted by Crippen LogP contribution is -2.04. The normalized spacial score (nSPS) is 10.5. The van der Waals surface area contributed by atoms with Gasteiger partial charge in [0.25, 0.3) is 0 Å². The first-order valence-corrected chi connectivity index (χ1v) is 6.77. The number of hydrogen-bond donors (Lipinski definition) is 0. The summed E-state index contributed by atoms with van der Waals surface area (Å²) in [6.45, 7) is 3.86. The number of carbonyl (C=O) groups is 1. The van der Waals surface area contributed by atoms with Crippen LogP contribution in [-0.2, 0) is 6.42 Å². The fourth-order valence-electron chi connectivity index (χ4n) is 1.89. The lowest BCUT2D eigenvalue weighted by Gasteiger charge is -2.06. The Balaban J connectivity index is 2.23. The summed E-state index contributed by atoms with van der Waals surface area (Å²) in [7, 11) is 0. The van der Waals surface area contributed by atoms with Crippen molar-refractivity contribution in [1.82, 2.24) is 0 Å². The highest BCUT2D eigenvalue weighted by Gasteiger charge is 2.10. The van der Waals surface area contributed by atoms with E-state index in [2.05, 4.69) is 0 Å². The summed E-state index contributed by atoms with van der Waals surface area (Å²) in [5, 5.41) is 1.31. The summed E-state index contributed by atoms with van der Waals surface area (Å²) >= 11 is 12.1. The average Bonchev–Trinajstić information content (AvgIpc) is 2.36. The van der Waals surface area contributed by atoms with Gasteiger partial charge in [0.15, 0.2) is 5.78 Å². The van der Waals surface area contributed by atoms with E-state index in [1.807, 2.05) is 38.1 Å². The number of rotatable bonds is 3. The van der Waals surface area contributed by atoms with E-state index in [0.29, 0.717) is 22.0 Å². The summed E-state index contributed by atoms with van der Waals surface area (Å²) in [5.41, 5.74) is 3.51. The van der Waals surface area contributed by atoms with Crippen molar-refractivity contribution in [2.24, 2.45) is 0 Å². The van der Waals surface area contributed by atoms with Crippen LogP contribution < -0.4 is 0 Å². The maximum Gasteiger partial charge on any atom is 0.167 e. The molecule has 0 radical (unpaired) electrons. The Morgan fingerprint density at radius 2 is 1.74 bits per heavy atom. The summed E-state index contributed by atoms with van der Waals surface area (Å²) in [6, 6.07) is 11.0. The van der Waals surface area contributed by atoms with Crippen LogP contribution in [0.3, 0.4) is 0 Å². The molecular weight excluding hydrogens is 279 g/mol. The molecule has 0 heterocycles. The summed E-state index contributed by atoms with van der Waals surface area (Å²) < 4.78 is 0. The van der Waals surface area contributed by atoms with Crippen molar-refractivity contribution in [3.8, 4) is 0 Å². The Morgan fingerprint density at radius 3 is 2.37 bits per heavy atom. The molecule has 1 nitrogen and oxygen atoms in total. The Bertz CT molecular complexity index is 633. The van der Waals surface area contributed by atoms with Crippen molar-refractivity contribution in [2.75, 3.05) is 0 Å². The second-order valence-electron chi connectivity index (χ2n) is 4.66. The maximum absolute atomic E-state index is 12.2. The van der Waals surface area contributed by atoms with Crippen molar-refractivity contribution in [3.63, 3.8) is 0 Å². The number of ketones is 1. The molecule has 0 atom stereocenters. The van der Waals surface area contributed by atoms with Crippen LogP contribution in [0.25, 0.3) is 0 Å². The van der Waals surface area contributed by atoms with Crippen molar-refractivity contribution in [3.05, 3.63) is 68.7 Å². The van der Waals surface area contributed by atoms with Gasteiger partial charge in [-0.3, -0.25) is 4.79 Å². The largest absolute Gasteiger partial charge is 0.294 e. The second kappa shape index (κ2) is 5.77. The van der Waals surface area contributed by atoms with Gasteiger partial charge in [0, 0.05) is 22.0 Å². The molecule has 0 aromatic heterocycles. The van der Waals surface area contributed by atoms with Gasteiger partial charge in [-0.15, -0.1) is 0 Å². The van der Waals surface area contributed by atoms with E-state index in [-0.39, 0.29) is 5.78 Å². The third-order valence-electron chi connectivity index (χ3n) is 3.04. The number of Topliss-reactive ketones (excluding diaryl/α,β-unsaturated/α-hetero) is 1. The molecular formula is C16H14Cl2O. The smallest absolute Gasteiger partial charge is 0.167 e. The van der Waals surface area contributed by atoms with Gasteiger partial charge in [-0.05, 0) is 54.8 Å². The second-order valence-corrected chi connectivity index (χ2v) is 5.47. The number of halogens is 2. The minimum atomic E-state index is 0.0468. The number of carbonyl (C=O) groups excluding carboxylic acids is 1. The van der Waals surface area contributed by atoms with E-state index in [9.17, 15) is 4.79 Å². The summed E-state index contributed by atoms with van der Waals surface area (Å²) in [4.78, 5) is 12.2. The van der Waals surface area contributed by atoms with E-state index in [1.165, 1.54) is 0 Å². The van der Waals surface area contributed by atoms with Gasteiger partial charge in [-0.1, -0.05) is 35.3 Å². The molecule has 2 aromatic carbocycles. The fourth-order valence-corrected chi connectivity index (χ4v) is 2.31. The minimum absolute atomic E-state index is 0.0468. The Kier molecular flexibility index (Phi) is 4.28. The zero-order valence-corrected chi connectivity index (χ0v) is 12.3. The first-order valence-electron chi connectivity index (χ1n) is 6.02. The van der Waals surface area contributed by atoms with E-state index in [1.54, 1.807) is 12.1 Å². The molecule has 19 heavy (non-hydrogen) atoms. The van der Waals surface area contributed by atoms with Crippen LogP contribution in [0.4, 0.5) is 0 Å². The van der Waals surface area contributed by atoms with Crippen molar-refractivity contribution >= 4 is 29.0 Å². The highest BCUT2D eigenvalue weighted by Crippen LogP contribution is 2.21. The molecule has 2 aromatic rings. The molecule has 0 aliphatic rings. The van der Waals surface area contributed by atoms with Gasteiger partial charge < -0.3 is 0 Å². The molecule has 98 valence electrons. The third-order valence-corrected chi connectivity index (χ3v) is 3.82. The minimum Gasteiger partial charge on any atom is -0.294 e. The van der Waals surface area contributed by atoms with Crippen LogP contribution in [0.1, 0.15) is 27.0 Å². The molecule has 0 saturated heterocycles. The first kappa shape index (κ1) is 14.1. The molecule has 0 fully saturated rings. The van der Waals surface area contributed by atoms with Gasteiger partial charge in [-0.2, -0.15) is 0 Å². The number of hydrogen-bond acceptors (Lipinski definition) is 1. The predicted octanol–water partition coefficient (Wildman–Crippen LogP) is 5.04. The highest BCUT2D eigenvalue weighted by molar-refractivity contribution is 6.32. The standard InChI is InChI=1S/C16H14Cl2O/c1-10-3-4-12(15(18)7-10)9-16(19)13-5-6-14(17)11(2)8-13/h3-8H,9H2,1-2H3. The van der Waals surface area contributed by atoms with E-state index < -0.39 is 0 Å². The maximum atomic E-state index is 12.2. The van der Waals surface area contributed by atoms with Gasteiger partial charge in [0.1, 0.15) is 0 Å². The topological polar surface area (TPSA) is 17.1 Å². The SMILES string of the molecule is Cc1ccc(CC(=O)c2ccc(Cl)c(C)c2)c(Cl)c1. The average molecular weight is 293 g/mol. The van der Waals surface area contributed by atoms with Gasteiger partial charge in [0.2, 0.25) is 0 Å². The van der Waals surface area contributed by atoms with Crippen LogP contribution in [0.2, 0.25) is 10.0 Å². The van der Waals surface area contributed by atoms with Gasteiger partial charge in [0.05, 0.1) is 0 Å². The number of aryl methyl sites for hydroxylation is 2. The van der Waals surface area contributed by atoms with Gasteiger partial charge in [-0.25, -0.2) is 0 Å². The van der Waals surface area contributed by atoms with Crippen LogP contribution in [0.5, 0.6) is 0 Å². The Hall–Kier alpha value is -1.31. The van der Waals surface area contributed by atoms with Crippen molar-refractivity contribution in [2.45, 2.75) is 20.3 Å². The van der Waals surface area contributed by atoms with Crippen LogP contribution >= 0.6 is 23.2 Å². The Labute approximate surface area is 123 Å². The first-order chi connectivity index (χ1) is 8.97. The van der Waals surface area contributed by atoms with Crippen LogP contribution in [0, 0.1) is 13.8 Å². The summed E-state index contributed by atoms with van der Waals surface area (Å²) in [6.07, 6.45) is 0.306. The molecule has 0 aliphatic carbocycles. The molecule has 0 unspecified atom stereocenters. The molecule has 3 heteroatoms. The monoisotopic (exact) mass is 292 g/mol. The van der Waals surface area contributed by atoms with E-state index in [4.69, 9.17) is 23.2 Å². The molecule has 0 N–H and O–H groups in total. The van der Waals surface area contributed by atoms with E-state index >= 15 is 0 Å². The Morgan fingerprint density at radius 1 is 1.00 bits per heavy atom. The third kappa shape index (κ3) is 3.37. The van der Waals surface area contributed by atoms with Crippen LogP contribution in [0.15, 0.2) is 36.4 Å². The highest BCUT2D eigenvalue weighted by atomic mass is 35.5. The number of benzene rings is 2. The zero-order chi connectivity index (χ0) is 14.0. The zero-order valence-electron chi connectivity index (χ0n) is 10.8. The van der Waals surface area contributed by atoms with Gasteiger partial charge >= 0.3 is 0 Å². The lowest BCUT2D eigenvalue weighted by atomic mass is 10.0. The fraction of sp³-hybridized carbons (Fsp3) is 0.188. The van der Waals surface area contributed by atoms with E-state index in [0.717, 1.165) is 16.7 Å². The van der Waals surface area contributed by atoms with Crippen molar-refractivity contribution in [1.29, 1.82) is 0 Å². The quantitative estimate of drug-likeness (QED) is 0.725. The lowest BCUT2D eigenvalue weighted by molar-refractivity contribution is 0.0993. The predicted molar refractivity (Wildman–Crippen MR) is 80.4 cm³/mol. The van der Waals surface area contributed by atoms with Crippen molar-refractivity contribution < 1.29 is 4.79 Å².